The standard InChI is InChI=1S/C20H23IN4O5S/c1-3-30-19(26)16-10-17(23-25(16)2)31(28,29)24-20(27)22-18-12-6-4-5-11(12)9-14-13(18)7-8-15(14)21/h4-6,9-10,12-13,15,18H,3,7-8H2,1-2H3,(H2,22,24,27). The van der Waals surface area contributed by atoms with Gasteiger partial charge in [-0.25, -0.2) is 14.3 Å². The number of halogens is 1. The largest absolute Gasteiger partial charge is 0.461 e. The number of ether oxygens (including phenoxy) is 1. The number of urea groups is 1. The van der Waals surface area contributed by atoms with Gasteiger partial charge in [-0.1, -0.05) is 52.5 Å². The monoisotopic (exact) mass is 558 g/mol. The van der Waals surface area contributed by atoms with Crippen molar-refractivity contribution in [2.45, 2.75) is 34.8 Å². The molecule has 0 saturated heterocycles. The molecule has 4 atom stereocenters. The van der Waals surface area contributed by atoms with E-state index in [2.05, 4.69) is 39.1 Å². The van der Waals surface area contributed by atoms with Crippen LogP contribution in [0.5, 0.6) is 0 Å². The zero-order valence-electron chi connectivity index (χ0n) is 17.0. The van der Waals surface area contributed by atoms with E-state index in [0.717, 1.165) is 29.2 Å². The quantitative estimate of drug-likeness (QED) is 0.325. The van der Waals surface area contributed by atoms with E-state index in [1.165, 1.54) is 12.6 Å². The molecular formula is C20H23IN4O5S. The molecule has 1 fully saturated rings. The molecule has 1 heterocycles. The van der Waals surface area contributed by atoms with E-state index < -0.39 is 27.0 Å². The summed E-state index contributed by atoms with van der Waals surface area (Å²) in [6, 6.07) is 0.0534. The third-order valence-corrected chi connectivity index (χ3v) is 8.36. The SMILES string of the molecule is CCOC(=O)c1cc(S(=O)(=O)NC(=O)NC2C3C=CC=C3C=C3C(I)CCC32)nn1C. The topological polar surface area (TPSA) is 119 Å². The predicted octanol–water partition coefficient (Wildman–Crippen LogP) is 2.22. The van der Waals surface area contributed by atoms with Crippen molar-refractivity contribution < 1.29 is 22.7 Å². The Bertz CT molecular complexity index is 1120. The van der Waals surface area contributed by atoms with Crippen LogP contribution in [-0.2, 0) is 21.8 Å². The zero-order valence-corrected chi connectivity index (χ0v) is 20.0. The molecule has 11 heteroatoms. The van der Waals surface area contributed by atoms with Gasteiger partial charge in [-0.15, -0.1) is 0 Å². The fourth-order valence-corrected chi connectivity index (χ4v) is 6.32. The molecule has 4 unspecified atom stereocenters. The molecule has 1 aromatic heterocycles. The maximum absolute atomic E-state index is 12.7. The summed E-state index contributed by atoms with van der Waals surface area (Å²) in [5, 5.41) is 6.31. The number of amides is 2. The lowest BCUT2D eigenvalue weighted by Crippen LogP contribution is -2.51. The minimum Gasteiger partial charge on any atom is -0.461 e. The number of rotatable bonds is 5. The third kappa shape index (κ3) is 4.16. The number of allylic oxidation sites excluding steroid dienone is 3. The maximum Gasteiger partial charge on any atom is 0.356 e. The third-order valence-electron chi connectivity index (χ3n) is 5.81. The van der Waals surface area contributed by atoms with Crippen molar-refractivity contribution in [3.63, 3.8) is 0 Å². The Kier molecular flexibility index (Phi) is 5.99. The van der Waals surface area contributed by atoms with E-state index in [0.29, 0.717) is 3.92 Å². The lowest BCUT2D eigenvalue weighted by atomic mass is 9.76. The second kappa shape index (κ2) is 8.41. The second-order valence-corrected chi connectivity index (χ2v) is 10.8. The molecule has 2 amide bonds. The van der Waals surface area contributed by atoms with Crippen molar-refractivity contribution in [1.82, 2.24) is 19.8 Å². The van der Waals surface area contributed by atoms with Gasteiger partial charge >= 0.3 is 12.0 Å². The highest BCUT2D eigenvalue weighted by atomic mass is 127. The number of hydrogen-bond acceptors (Lipinski definition) is 6. The van der Waals surface area contributed by atoms with Gasteiger partial charge in [0, 0.05) is 34.9 Å². The number of sulfonamides is 1. The smallest absolute Gasteiger partial charge is 0.356 e. The average molecular weight is 558 g/mol. The summed E-state index contributed by atoms with van der Waals surface area (Å²) in [5.41, 5.74) is 2.41. The van der Waals surface area contributed by atoms with Gasteiger partial charge in [-0.2, -0.15) is 13.5 Å². The van der Waals surface area contributed by atoms with Gasteiger partial charge in [-0.05, 0) is 25.3 Å². The van der Waals surface area contributed by atoms with Crippen molar-refractivity contribution in [2.24, 2.45) is 18.9 Å². The van der Waals surface area contributed by atoms with Gasteiger partial charge in [0.05, 0.1) is 6.61 Å². The van der Waals surface area contributed by atoms with E-state index in [1.54, 1.807) is 6.92 Å². The number of hydrogen-bond donors (Lipinski definition) is 2. The molecule has 9 nitrogen and oxygen atoms in total. The molecule has 166 valence electrons. The Hall–Kier alpha value is -2.15. The highest BCUT2D eigenvalue weighted by Gasteiger charge is 2.43. The highest BCUT2D eigenvalue weighted by molar-refractivity contribution is 14.1. The molecule has 1 saturated carbocycles. The van der Waals surface area contributed by atoms with Crippen molar-refractivity contribution in [1.29, 1.82) is 0 Å². The summed E-state index contributed by atoms with van der Waals surface area (Å²) in [5.74, 6) is -0.494. The number of aryl methyl sites for hydroxylation is 1. The van der Waals surface area contributed by atoms with Gasteiger partial charge in [0.2, 0.25) is 0 Å². The van der Waals surface area contributed by atoms with Crippen LogP contribution in [0.25, 0.3) is 0 Å². The Labute approximate surface area is 194 Å². The minimum absolute atomic E-state index is 0.0189. The van der Waals surface area contributed by atoms with Gasteiger partial charge in [0.25, 0.3) is 10.0 Å². The minimum atomic E-state index is -4.27. The van der Waals surface area contributed by atoms with Crippen LogP contribution < -0.4 is 10.0 Å². The van der Waals surface area contributed by atoms with E-state index in [4.69, 9.17) is 4.74 Å². The molecule has 4 rings (SSSR count). The number of nitrogens with zero attached hydrogens (tertiary/aromatic N) is 2. The van der Waals surface area contributed by atoms with Crippen LogP contribution in [-0.4, -0.2) is 46.8 Å². The molecule has 2 N–H and O–H groups in total. The Balaban J connectivity index is 1.50. The van der Waals surface area contributed by atoms with Crippen LogP contribution in [0.3, 0.4) is 0 Å². The highest BCUT2D eigenvalue weighted by Crippen LogP contribution is 2.47. The normalized spacial score (nSPS) is 26.5. The molecule has 0 spiro atoms. The molecular weight excluding hydrogens is 535 g/mol. The summed E-state index contributed by atoms with van der Waals surface area (Å²) >= 11 is 2.42. The van der Waals surface area contributed by atoms with E-state index in [9.17, 15) is 18.0 Å². The fraction of sp³-hybridized carbons (Fsp3) is 0.450. The van der Waals surface area contributed by atoms with E-state index >= 15 is 0 Å². The van der Waals surface area contributed by atoms with Gasteiger partial charge in [-0.3, -0.25) is 4.68 Å². The number of carbonyl (C=O) groups is 2. The molecule has 0 aliphatic heterocycles. The van der Waals surface area contributed by atoms with Gasteiger partial charge < -0.3 is 10.1 Å². The first kappa shape index (κ1) is 22.1. The Morgan fingerprint density at radius 3 is 2.87 bits per heavy atom. The predicted molar refractivity (Wildman–Crippen MR) is 121 cm³/mol. The molecule has 0 radical (unpaired) electrons. The lowest BCUT2D eigenvalue weighted by molar-refractivity contribution is 0.0513. The zero-order chi connectivity index (χ0) is 22.3. The first-order valence-corrected chi connectivity index (χ1v) is 12.7. The summed E-state index contributed by atoms with van der Waals surface area (Å²) in [6.07, 6.45) is 10.2. The van der Waals surface area contributed by atoms with Crippen LogP contribution in [0.15, 0.2) is 46.5 Å². The summed E-state index contributed by atoms with van der Waals surface area (Å²) in [7, 11) is -2.83. The number of nitrogens with one attached hydrogen (secondary N) is 2. The first-order valence-electron chi connectivity index (χ1n) is 9.99. The van der Waals surface area contributed by atoms with Crippen molar-refractivity contribution in [3.05, 3.63) is 47.2 Å². The maximum atomic E-state index is 12.7. The van der Waals surface area contributed by atoms with Gasteiger partial charge in [0.1, 0.15) is 5.69 Å². The van der Waals surface area contributed by atoms with Gasteiger partial charge in [0.15, 0.2) is 5.03 Å². The van der Waals surface area contributed by atoms with E-state index in [-0.39, 0.29) is 30.2 Å². The number of esters is 1. The average Bonchev–Trinajstić information content (AvgIpc) is 3.41. The lowest BCUT2D eigenvalue weighted by Gasteiger charge is -2.35. The Morgan fingerprint density at radius 1 is 1.35 bits per heavy atom. The summed E-state index contributed by atoms with van der Waals surface area (Å²) in [4.78, 5) is 24.6. The molecule has 3 aliphatic carbocycles. The molecule has 3 aliphatic rings. The van der Waals surface area contributed by atoms with Crippen LogP contribution >= 0.6 is 22.6 Å². The van der Waals surface area contributed by atoms with Crippen molar-refractivity contribution in [3.8, 4) is 0 Å². The van der Waals surface area contributed by atoms with Crippen LogP contribution in [0.2, 0.25) is 0 Å². The molecule has 31 heavy (non-hydrogen) atoms. The van der Waals surface area contributed by atoms with E-state index in [1.807, 2.05) is 23.0 Å². The fourth-order valence-electron chi connectivity index (χ4n) is 4.41. The number of carbonyl (C=O) groups excluding carboxylic acids is 2. The second-order valence-electron chi connectivity index (χ2n) is 7.69. The van der Waals surface area contributed by atoms with Crippen molar-refractivity contribution >= 4 is 44.6 Å². The summed E-state index contributed by atoms with van der Waals surface area (Å²) in [6.45, 7) is 1.80. The van der Waals surface area contributed by atoms with Crippen molar-refractivity contribution in [2.75, 3.05) is 6.61 Å². The first-order chi connectivity index (χ1) is 14.7. The van der Waals surface area contributed by atoms with Crippen LogP contribution in [0.1, 0.15) is 30.3 Å². The van der Waals surface area contributed by atoms with Crippen LogP contribution in [0.4, 0.5) is 4.79 Å². The van der Waals surface area contributed by atoms with Crippen LogP contribution in [0, 0.1) is 11.8 Å². The summed E-state index contributed by atoms with van der Waals surface area (Å²) < 4.78 is 33.9. The number of fused-ring (bicyclic) bond motifs is 2. The molecule has 0 bridgehead atoms. The Morgan fingerprint density at radius 2 is 2.13 bits per heavy atom. The number of aromatic nitrogens is 2. The molecule has 0 aromatic carbocycles. The number of alkyl halides is 1. The molecule has 1 aromatic rings.